The predicted molar refractivity (Wildman–Crippen MR) is 125 cm³/mol. The Balaban J connectivity index is 1.75. The van der Waals surface area contributed by atoms with Gasteiger partial charge in [0.05, 0.1) is 21.3 Å². The number of carbonyl (C=O) groups excluding carboxylic acids is 2. The van der Waals surface area contributed by atoms with Gasteiger partial charge in [0, 0.05) is 34.4 Å². The summed E-state index contributed by atoms with van der Waals surface area (Å²) in [7, 11) is 4.63. The van der Waals surface area contributed by atoms with Crippen LogP contribution >= 0.6 is 0 Å². The summed E-state index contributed by atoms with van der Waals surface area (Å²) < 4.78 is 27.0. The number of ketones is 2. The largest absolute Gasteiger partial charge is 0.497 e. The van der Waals surface area contributed by atoms with E-state index in [1.165, 1.54) is 13.2 Å². The number of Topliss-reactive ketones (excluding diaryl/α,β-unsaturated/α-hetero) is 2. The highest BCUT2D eigenvalue weighted by atomic mass is 16.6. The summed E-state index contributed by atoms with van der Waals surface area (Å²) in [6.07, 6.45) is 0. The van der Waals surface area contributed by atoms with Gasteiger partial charge in [-0.2, -0.15) is 0 Å². The van der Waals surface area contributed by atoms with E-state index in [-0.39, 0.29) is 11.1 Å². The van der Waals surface area contributed by atoms with E-state index in [0.29, 0.717) is 53.1 Å². The Labute approximate surface area is 197 Å². The van der Waals surface area contributed by atoms with Crippen LogP contribution in [0.15, 0.2) is 54.6 Å². The molecule has 34 heavy (non-hydrogen) atoms. The van der Waals surface area contributed by atoms with E-state index in [0.717, 1.165) is 0 Å². The molecule has 0 atom stereocenters. The van der Waals surface area contributed by atoms with E-state index in [4.69, 9.17) is 23.7 Å². The third-order valence-corrected chi connectivity index (χ3v) is 5.18. The van der Waals surface area contributed by atoms with Gasteiger partial charge in [-0.05, 0) is 42.5 Å². The van der Waals surface area contributed by atoms with Crippen molar-refractivity contribution in [3.8, 4) is 40.6 Å². The summed E-state index contributed by atoms with van der Waals surface area (Å²) in [4.78, 5) is 26.2. The predicted octanol–water partition coefficient (Wildman–Crippen LogP) is 3.95. The number of carbonyl (C=O) groups is 2. The molecule has 0 N–H and O–H groups in total. The molecule has 0 aromatic heterocycles. The van der Waals surface area contributed by atoms with E-state index in [2.05, 4.69) is 11.8 Å². The van der Waals surface area contributed by atoms with E-state index in [9.17, 15) is 9.59 Å². The molecule has 0 unspecified atom stereocenters. The first-order valence-corrected chi connectivity index (χ1v) is 10.4. The zero-order valence-corrected chi connectivity index (χ0v) is 19.0. The van der Waals surface area contributed by atoms with Crippen LogP contribution in [0.4, 0.5) is 0 Å². The molecular formula is C27H22O7. The van der Waals surface area contributed by atoms with E-state index < -0.39 is 11.6 Å². The average molecular weight is 458 g/mol. The molecular weight excluding hydrogens is 436 g/mol. The summed E-state index contributed by atoms with van der Waals surface area (Å²) >= 11 is 0. The Morgan fingerprint density at radius 2 is 1.29 bits per heavy atom. The van der Waals surface area contributed by atoms with Crippen molar-refractivity contribution in [3.63, 3.8) is 0 Å². The molecule has 1 heterocycles. The number of benzene rings is 3. The van der Waals surface area contributed by atoms with E-state index in [1.807, 2.05) is 0 Å². The number of fused-ring (bicyclic) bond motifs is 1. The molecule has 3 aromatic carbocycles. The van der Waals surface area contributed by atoms with Crippen LogP contribution in [0.2, 0.25) is 0 Å². The molecule has 3 aromatic rings. The molecule has 0 amide bonds. The van der Waals surface area contributed by atoms with Gasteiger partial charge in [-0.3, -0.25) is 9.59 Å². The minimum absolute atomic E-state index is 0.132. The van der Waals surface area contributed by atoms with Crippen molar-refractivity contribution in [2.24, 2.45) is 0 Å². The van der Waals surface area contributed by atoms with E-state index in [1.54, 1.807) is 62.8 Å². The molecule has 0 saturated heterocycles. The fourth-order valence-corrected chi connectivity index (χ4v) is 3.39. The first kappa shape index (κ1) is 22.7. The molecule has 0 bridgehead atoms. The summed E-state index contributed by atoms with van der Waals surface area (Å²) in [5, 5.41) is 0. The minimum Gasteiger partial charge on any atom is -0.497 e. The summed E-state index contributed by atoms with van der Waals surface area (Å²) in [6.45, 7) is 0.729. The SMILES string of the molecule is COc1ccc(C(=O)C(=O)c2cc3c(cc2C#Cc2cc(OC)cc(OC)c2)OCCO3)cc1. The molecule has 1 aliphatic heterocycles. The molecule has 7 heteroatoms. The van der Waals surface area contributed by atoms with Crippen molar-refractivity contribution >= 4 is 11.6 Å². The zero-order chi connectivity index (χ0) is 24.1. The summed E-state index contributed by atoms with van der Waals surface area (Å²) in [5.41, 5.74) is 1.34. The van der Waals surface area contributed by atoms with Gasteiger partial charge in [0.15, 0.2) is 11.5 Å². The van der Waals surface area contributed by atoms with Gasteiger partial charge < -0.3 is 23.7 Å². The molecule has 7 nitrogen and oxygen atoms in total. The number of hydrogen-bond donors (Lipinski definition) is 0. The van der Waals surface area contributed by atoms with Crippen LogP contribution in [0.3, 0.4) is 0 Å². The third kappa shape index (κ3) is 4.81. The van der Waals surface area contributed by atoms with Gasteiger partial charge in [-0.1, -0.05) is 11.8 Å². The molecule has 0 spiro atoms. The molecule has 172 valence electrons. The van der Waals surface area contributed by atoms with Gasteiger partial charge >= 0.3 is 0 Å². The number of hydrogen-bond acceptors (Lipinski definition) is 7. The van der Waals surface area contributed by atoms with Crippen LogP contribution in [-0.4, -0.2) is 46.1 Å². The Bertz CT molecular complexity index is 1270. The second-order valence-electron chi connectivity index (χ2n) is 7.28. The number of rotatable bonds is 6. The Morgan fingerprint density at radius 1 is 0.706 bits per heavy atom. The van der Waals surface area contributed by atoms with Gasteiger partial charge in [-0.25, -0.2) is 0 Å². The lowest BCUT2D eigenvalue weighted by Gasteiger charge is -2.19. The van der Waals surface area contributed by atoms with Gasteiger partial charge in [0.25, 0.3) is 0 Å². The van der Waals surface area contributed by atoms with Gasteiger partial charge in [0.2, 0.25) is 11.6 Å². The van der Waals surface area contributed by atoms with Crippen molar-refractivity contribution in [2.75, 3.05) is 34.5 Å². The lowest BCUT2D eigenvalue weighted by Crippen LogP contribution is -2.19. The number of ether oxygens (including phenoxy) is 5. The molecule has 1 aliphatic rings. The second-order valence-corrected chi connectivity index (χ2v) is 7.28. The topological polar surface area (TPSA) is 80.3 Å². The van der Waals surface area contributed by atoms with Crippen LogP contribution in [-0.2, 0) is 0 Å². The number of methoxy groups -OCH3 is 3. The summed E-state index contributed by atoms with van der Waals surface area (Å²) in [6, 6.07) is 14.7. The molecule has 0 aliphatic carbocycles. The van der Waals surface area contributed by atoms with E-state index >= 15 is 0 Å². The Hall–Kier alpha value is -4.44. The van der Waals surface area contributed by atoms with Crippen LogP contribution in [0, 0.1) is 11.8 Å². The Kier molecular flexibility index (Phi) is 6.69. The van der Waals surface area contributed by atoms with Crippen LogP contribution < -0.4 is 23.7 Å². The highest BCUT2D eigenvalue weighted by Crippen LogP contribution is 2.34. The third-order valence-electron chi connectivity index (χ3n) is 5.18. The van der Waals surface area contributed by atoms with Crippen LogP contribution in [0.5, 0.6) is 28.7 Å². The maximum atomic E-state index is 13.2. The molecule has 4 rings (SSSR count). The minimum atomic E-state index is -0.699. The smallest absolute Gasteiger partial charge is 0.234 e. The summed E-state index contributed by atoms with van der Waals surface area (Å²) in [5.74, 6) is 7.26. The molecule has 0 saturated carbocycles. The second kappa shape index (κ2) is 10.0. The van der Waals surface area contributed by atoms with Crippen LogP contribution in [0.25, 0.3) is 0 Å². The van der Waals surface area contributed by atoms with Crippen molar-refractivity contribution in [2.45, 2.75) is 0 Å². The maximum absolute atomic E-state index is 13.2. The monoisotopic (exact) mass is 458 g/mol. The standard InChI is InChI=1S/C27H22O7/c1-30-20-8-6-18(7-9-20)26(28)27(29)23-16-25-24(33-10-11-34-25)14-19(23)5-4-17-12-21(31-2)15-22(13-17)32-3/h6-9,12-16H,10-11H2,1-3H3. The average Bonchev–Trinajstić information content (AvgIpc) is 2.90. The van der Waals surface area contributed by atoms with Gasteiger partial charge in [0.1, 0.15) is 30.5 Å². The molecule has 0 radical (unpaired) electrons. The lowest BCUT2D eigenvalue weighted by atomic mass is 9.96. The van der Waals surface area contributed by atoms with Crippen molar-refractivity contribution in [1.82, 2.24) is 0 Å². The van der Waals surface area contributed by atoms with Crippen molar-refractivity contribution < 1.29 is 33.3 Å². The maximum Gasteiger partial charge on any atom is 0.234 e. The fraction of sp³-hybridized carbons (Fsp3) is 0.185. The van der Waals surface area contributed by atoms with Gasteiger partial charge in [-0.15, -0.1) is 0 Å². The zero-order valence-electron chi connectivity index (χ0n) is 19.0. The highest BCUT2D eigenvalue weighted by Gasteiger charge is 2.24. The molecule has 0 fully saturated rings. The first-order chi connectivity index (χ1) is 16.5. The van der Waals surface area contributed by atoms with Crippen molar-refractivity contribution in [3.05, 3.63) is 76.9 Å². The first-order valence-electron chi connectivity index (χ1n) is 10.4. The quantitative estimate of drug-likeness (QED) is 0.314. The van der Waals surface area contributed by atoms with Crippen LogP contribution in [0.1, 0.15) is 31.8 Å². The lowest BCUT2D eigenvalue weighted by molar-refractivity contribution is 0.0816. The normalized spacial score (nSPS) is 11.6. The highest BCUT2D eigenvalue weighted by molar-refractivity contribution is 6.49. The Morgan fingerprint density at radius 3 is 1.88 bits per heavy atom. The van der Waals surface area contributed by atoms with Crippen molar-refractivity contribution in [1.29, 1.82) is 0 Å². The fourth-order valence-electron chi connectivity index (χ4n) is 3.39.